The highest BCUT2D eigenvalue weighted by Gasteiger charge is 2.25. The largest absolute Gasteiger partial charge is 0.315 e. The van der Waals surface area contributed by atoms with Gasteiger partial charge in [-0.05, 0) is 5.41 Å². The molecule has 60 valence electrons. The molecule has 0 aromatic rings. The molecule has 0 amide bonds. The van der Waals surface area contributed by atoms with Gasteiger partial charge in [0, 0.05) is 6.20 Å². The van der Waals surface area contributed by atoms with Crippen LogP contribution in [0.3, 0.4) is 0 Å². The zero-order valence-corrected chi connectivity index (χ0v) is 6.39. The van der Waals surface area contributed by atoms with Gasteiger partial charge in [-0.3, -0.25) is 0 Å². The highest BCUT2D eigenvalue weighted by Crippen LogP contribution is 2.29. The number of hydrogen-bond acceptors (Lipinski definition) is 3. The summed E-state index contributed by atoms with van der Waals surface area (Å²) in [7, 11) is 0. The Hall–Kier alpha value is -0.760. The molecular formula is C6H6F2N2S. The lowest BCUT2D eigenvalue weighted by atomic mass is 10.4. The molecule has 1 unspecified atom stereocenters. The van der Waals surface area contributed by atoms with Crippen LogP contribution in [0.15, 0.2) is 11.6 Å². The van der Waals surface area contributed by atoms with Crippen molar-refractivity contribution >= 4 is 11.8 Å². The van der Waals surface area contributed by atoms with E-state index in [1.165, 1.54) is 18.0 Å². The van der Waals surface area contributed by atoms with E-state index in [4.69, 9.17) is 5.26 Å². The van der Waals surface area contributed by atoms with Crippen LogP contribution in [0.5, 0.6) is 0 Å². The maximum Gasteiger partial charge on any atom is 0.315 e. The third-order valence-electron chi connectivity index (χ3n) is 1.29. The van der Waals surface area contributed by atoms with Crippen molar-refractivity contribution in [3.05, 3.63) is 11.6 Å². The molecular weight excluding hydrogens is 170 g/mol. The lowest BCUT2D eigenvalue weighted by Gasteiger charge is -2.20. The molecule has 0 spiro atoms. The van der Waals surface area contributed by atoms with Crippen LogP contribution >= 0.6 is 11.8 Å². The van der Waals surface area contributed by atoms with Gasteiger partial charge in [0.2, 0.25) is 0 Å². The summed E-state index contributed by atoms with van der Waals surface area (Å²) < 4.78 is 24.1. The predicted octanol–water partition coefficient (Wildman–Crippen LogP) is 1.97. The second kappa shape index (κ2) is 3.58. The van der Waals surface area contributed by atoms with Gasteiger partial charge in [0.15, 0.2) is 0 Å². The van der Waals surface area contributed by atoms with Crippen LogP contribution in [0.1, 0.15) is 6.42 Å². The van der Waals surface area contributed by atoms with Crippen LogP contribution in [-0.4, -0.2) is 16.8 Å². The molecule has 0 aromatic heterocycles. The Labute approximate surface area is 67.5 Å². The first kappa shape index (κ1) is 8.34. The van der Waals surface area contributed by atoms with Crippen LogP contribution in [0.4, 0.5) is 8.78 Å². The number of halogens is 2. The van der Waals surface area contributed by atoms with Crippen molar-refractivity contribution in [2.24, 2.45) is 0 Å². The second-order valence-electron chi connectivity index (χ2n) is 1.96. The van der Waals surface area contributed by atoms with E-state index in [1.54, 1.807) is 5.41 Å². The average Bonchev–Trinajstić information content (AvgIpc) is 2.36. The van der Waals surface area contributed by atoms with E-state index in [9.17, 15) is 8.78 Å². The molecule has 2 nitrogen and oxygen atoms in total. The minimum absolute atomic E-state index is 0.127. The summed E-state index contributed by atoms with van der Waals surface area (Å²) in [6.45, 7) is -2.50. The molecule has 0 aliphatic carbocycles. The molecule has 0 aromatic carbocycles. The summed E-state index contributed by atoms with van der Waals surface area (Å²) in [5, 5.41) is 9.44. The minimum Gasteiger partial charge on any atom is -0.309 e. The highest BCUT2D eigenvalue weighted by atomic mass is 32.2. The van der Waals surface area contributed by atoms with Gasteiger partial charge in [-0.25, -0.2) is 0 Å². The van der Waals surface area contributed by atoms with Gasteiger partial charge in [0.1, 0.15) is 0 Å². The first-order valence-electron chi connectivity index (χ1n) is 3.00. The summed E-state index contributed by atoms with van der Waals surface area (Å²) in [5.41, 5.74) is 0. The monoisotopic (exact) mass is 176 g/mol. The van der Waals surface area contributed by atoms with Crippen LogP contribution in [0, 0.1) is 11.3 Å². The lowest BCUT2D eigenvalue weighted by Crippen LogP contribution is -2.28. The zero-order chi connectivity index (χ0) is 8.27. The van der Waals surface area contributed by atoms with Crippen molar-refractivity contribution < 1.29 is 8.78 Å². The molecule has 1 aliphatic rings. The Morgan fingerprint density at radius 1 is 1.73 bits per heavy atom. The SMILES string of the molecule is N#CCC1SC=CN1C(F)F. The molecule has 11 heavy (non-hydrogen) atoms. The molecule has 0 saturated carbocycles. The maximum atomic E-state index is 12.1. The van der Waals surface area contributed by atoms with E-state index < -0.39 is 11.9 Å². The van der Waals surface area contributed by atoms with Gasteiger partial charge in [-0.2, -0.15) is 14.0 Å². The normalized spacial score (nSPS) is 22.7. The Morgan fingerprint density at radius 3 is 3.00 bits per heavy atom. The maximum absolute atomic E-state index is 12.1. The molecule has 0 radical (unpaired) electrons. The minimum atomic E-state index is -2.50. The van der Waals surface area contributed by atoms with Gasteiger partial charge in [-0.1, -0.05) is 0 Å². The molecule has 0 fully saturated rings. The average molecular weight is 176 g/mol. The zero-order valence-electron chi connectivity index (χ0n) is 5.58. The van der Waals surface area contributed by atoms with Crippen molar-refractivity contribution in [1.29, 1.82) is 5.26 Å². The molecule has 0 saturated heterocycles. The van der Waals surface area contributed by atoms with Gasteiger partial charge < -0.3 is 4.90 Å². The highest BCUT2D eigenvalue weighted by molar-refractivity contribution is 8.02. The smallest absolute Gasteiger partial charge is 0.309 e. The van der Waals surface area contributed by atoms with E-state index in [-0.39, 0.29) is 6.42 Å². The lowest BCUT2D eigenvalue weighted by molar-refractivity contribution is 0.00206. The summed E-state index contributed by atoms with van der Waals surface area (Å²) in [5.74, 6) is 0. The fourth-order valence-electron chi connectivity index (χ4n) is 0.785. The molecule has 1 rings (SSSR count). The standard InChI is InChI=1S/C6H6F2N2S/c7-6(8)10-3-4-11-5(10)1-2-9/h3-6H,1H2. The predicted molar refractivity (Wildman–Crippen MR) is 38.6 cm³/mol. The van der Waals surface area contributed by atoms with E-state index in [1.807, 2.05) is 6.07 Å². The quantitative estimate of drug-likeness (QED) is 0.602. The third-order valence-corrected chi connectivity index (χ3v) is 2.30. The fraction of sp³-hybridized carbons (Fsp3) is 0.500. The van der Waals surface area contributed by atoms with Crippen molar-refractivity contribution in [2.45, 2.75) is 18.3 Å². The van der Waals surface area contributed by atoms with Crippen molar-refractivity contribution in [2.75, 3.05) is 0 Å². The van der Waals surface area contributed by atoms with Crippen LogP contribution in [0.25, 0.3) is 0 Å². The Balaban J connectivity index is 2.51. The topological polar surface area (TPSA) is 27.0 Å². The van der Waals surface area contributed by atoms with E-state index in [0.29, 0.717) is 0 Å². The van der Waals surface area contributed by atoms with Crippen molar-refractivity contribution in [1.82, 2.24) is 4.90 Å². The number of rotatable bonds is 2. The second-order valence-corrected chi connectivity index (χ2v) is 3.05. The van der Waals surface area contributed by atoms with Crippen molar-refractivity contribution in [3.8, 4) is 6.07 Å². The van der Waals surface area contributed by atoms with E-state index in [2.05, 4.69) is 0 Å². The number of alkyl halides is 2. The van der Waals surface area contributed by atoms with Gasteiger partial charge in [-0.15, -0.1) is 11.8 Å². The number of thioether (sulfide) groups is 1. The summed E-state index contributed by atoms with van der Waals surface area (Å²) in [6.07, 6.45) is 1.44. The van der Waals surface area contributed by atoms with E-state index in [0.717, 1.165) is 4.90 Å². The Morgan fingerprint density at radius 2 is 2.45 bits per heavy atom. The molecule has 1 heterocycles. The Kier molecular flexibility index (Phi) is 2.71. The first-order valence-corrected chi connectivity index (χ1v) is 3.94. The number of hydrogen-bond donors (Lipinski definition) is 0. The van der Waals surface area contributed by atoms with E-state index >= 15 is 0 Å². The molecule has 0 N–H and O–H groups in total. The molecule has 5 heteroatoms. The van der Waals surface area contributed by atoms with Gasteiger partial charge in [0.05, 0.1) is 17.9 Å². The molecule has 1 aliphatic heterocycles. The van der Waals surface area contributed by atoms with Crippen LogP contribution in [-0.2, 0) is 0 Å². The summed E-state index contributed by atoms with van der Waals surface area (Å²) in [6, 6.07) is 1.86. The fourth-order valence-corrected chi connectivity index (χ4v) is 1.65. The number of nitriles is 1. The Bertz CT molecular complexity index is 199. The van der Waals surface area contributed by atoms with Gasteiger partial charge in [0.25, 0.3) is 0 Å². The third kappa shape index (κ3) is 1.84. The number of nitrogens with zero attached hydrogens (tertiary/aromatic N) is 2. The molecule has 1 atom stereocenters. The summed E-state index contributed by atoms with van der Waals surface area (Å²) >= 11 is 1.25. The van der Waals surface area contributed by atoms with Crippen molar-refractivity contribution in [3.63, 3.8) is 0 Å². The van der Waals surface area contributed by atoms with Crippen LogP contribution in [0.2, 0.25) is 0 Å². The van der Waals surface area contributed by atoms with Gasteiger partial charge >= 0.3 is 6.55 Å². The molecule has 0 bridgehead atoms. The van der Waals surface area contributed by atoms with Crippen LogP contribution < -0.4 is 0 Å². The summed E-state index contributed by atoms with van der Waals surface area (Å²) in [4.78, 5) is 0.883. The first-order chi connectivity index (χ1) is 5.25.